The Morgan fingerprint density at radius 3 is 2.91 bits per heavy atom. The Hall–Kier alpha value is -3.85. The van der Waals surface area contributed by atoms with Crippen LogP contribution in [0.5, 0.6) is 0 Å². The maximum absolute atomic E-state index is 14.7. The van der Waals surface area contributed by atoms with Gasteiger partial charge in [0.2, 0.25) is 5.91 Å². The fourth-order valence-corrected chi connectivity index (χ4v) is 5.39. The Labute approximate surface area is 204 Å². The molecular formula is C25H21ClFN5O3. The number of aromatic amines is 1. The van der Waals surface area contributed by atoms with E-state index in [2.05, 4.69) is 15.3 Å². The lowest BCUT2D eigenvalue weighted by molar-refractivity contribution is -0.129. The summed E-state index contributed by atoms with van der Waals surface area (Å²) in [6.07, 6.45) is 4.73. The highest BCUT2D eigenvalue weighted by Gasteiger charge is 2.42. The van der Waals surface area contributed by atoms with Crippen molar-refractivity contribution in [2.75, 3.05) is 11.1 Å². The molecule has 2 atom stereocenters. The first-order valence-corrected chi connectivity index (χ1v) is 11.7. The summed E-state index contributed by atoms with van der Waals surface area (Å²) in [6, 6.07) is 8.35. The highest BCUT2D eigenvalue weighted by atomic mass is 35.5. The third kappa shape index (κ3) is 3.63. The zero-order valence-corrected chi connectivity index (χ0v) is 19.2. The number of ether oxygens (including phenoxy) is 1. The summed E-state index contributed by atoms with van der Waals surface area (Å²) in [4.78, 5) is 34.3. The van der Waals surface area contributed by atoms with Crippen molar-refractivity contribution < 1.29 is 18.7 Å². The topological polar surface area (TPSA) is 113 Å². The van der Waals surface area contributed by atoms with Gasteiger partial charge in [-0.2, -0.15) is 0 Å². The Morgan fingerprint density at radius 1 is 1.20 bits per heavy atom. The molecule has 35 heavy (non-hydrogen) atoms. The first-order valence-electron chi connectivity index (χ1n) is 11.3. The summed E-state index contributed by atoms with van der Waals surface area (Å²) < 4.78 is 19.8. The average Bonchev–Trinajstić information content (AvgIpc) is 3.49. The Balaban J connectivity index is 1.27. The van der Waals surface area contributed by atoms with E-state index in [1.54, 1.807) is 12.3 Å². The molecule has 4 N–H and O–H groups in total. The lowest BCUT2D eigenvalue weighted by Crippen LogP contribution is -2.39. The summed E-state index contributed by atoms with van der Waals surface area (Å²) >= 11 is 5.96. The van der Waals surface area contributed by atoms with Crippen LogP contribution in [0.2, 0.25) is 5.02 Å². The van der Waals surface area contributed by atoms with Crippen molar-refractivity contribution in [2.24, 2.45) is 0 Å². The lowest BCUT2D eigenvalue weighted by atomic mass is 9.92. The maximum atomic E-state index is 14.7. The lowest BCUT2D eigenvalue weighted by Gasteiger charge is -2.33. The molecule has 0 radical (unpaired) electrons. The summed E-state index contributed by atoms with van der Waals surface area (Å²) in [5.41, 5.74) is 10.4. The second-order valence-corrected chi connectivity index (χ2v) is 9.35. The number of rotatable bonds is 3. The number of benzene rings is 2. The molecule has 0 spiro atoms. The standard InChI is InChI=1S/C25H21ClFN5O3/c26-16-3-4-17(28)22(23(16)27)13-8-15-2-6-20(32(15)21(33)9-13)24-29-10-19(30-24)12-1-5-18-14(7-12)11-35-25(34)31-18/h1,3-5,7,9-10,15,20H,2,6,8,11,28H2,(H,29,30)(H,31,34)/t15?,20-/m0/s1. The third-order valence-corrected chi connectivity index (χ3v) is 7.17. The predicted octanol–water partition coefficient (Wildman–Crippen LogP) is 5.03. The predicted molar refractivity (Wildman–Crippen MR) is 129 cm³/mol. The van der Waals surface area contributed by atoms with Crippen LogP contribution in [0.1, 0.15) is 42.3 Å². The van der Waals surface area contributed by atoms with Gasteiger partial charge in [-0.15, -0.1) is 0 Å². The molecule has 1 aromatic heterocycles. The second-order valence-electron chi connectivity index (χ2n) is 8.95. The summed E-state index contributed by atoms with van der Waals surface area (Å²) in [7, 11) is 0. The van der Waals surface area contributed by atoms with E-state index in [9.17, 15) is 14.0 Å². The highest BCUT2D eigenvalue weighted by Crippen LogP contribution is 2.44. The number of nitrogens with two attached hydrogens (primary N) is 1. The first-order chi connectivity index (χ1) is 16.9. The van der Waals surface area contributed by atoms with Crippen molar-refractivity contribution in [3.8, 4) is 11.3 Å². The zero-order valence-electron chi connectivity index (χ0n) is 18.5. The molecule has 3 aliphatic heterocycles. The van der Waals surface area contributed by atoms with Crippen LogP contribution < -0.4 is 11.1 Å². The smallest absolute Gasteiger partial charge is 0.411 e. The Morgan fingerprint density at radius 2 is 2.06 bits per heavy atom. The van der Waals surface area contributed by atoms with Crippen molar-refractivity contribution in [2.45, 2.75) is 38.0 Å². The van der Waals surface area contributed by atoms with E-state index in [4.69, 9.17) is 22.1 Å². The number of carbonyl (C=O) groups excluding carboxylic acids is 2. The minimum absolute atomic E-state index is 0.0199. The van der Waals surface area contributed by atoms with Crippen LogP contribution in [0, 0.1) is 5.82 Å². The quantitative estimate of drug-likeness (QED) is 0.443. The summed E-state index contributed by atoms with van der Waals surface area (Å²) in [5.74, 6) is -0.0972. The van der Waals surface area contributed by atoms with Gasteiger partial charge in [-0.25, -0.2) is 14.2 Å². The molecule has 10 heteroatoms. The molecule has 0 aliphatic carbocycles. The number of hydrogen-bond donors (Lipinski definition) is 3. The van der Waals surface area contributed by atoms with Crippen LogP contribution in [0.15, 0.2) is 42.6 Å². The van der Waals surface area contributed by atoms with Gasteiger partial charge in [0, 0.05) is 34.5 Å². The monoisotopic (exact) mass is 493 g/mol. The van der Waals surface area contributed by atoms with Gasteiger partial charge in [0.15, 0.2) is 5.82 Å². The van der Waals surface area contributed by atoms with E-state index in [0.29, 0.717) is 17.8 Å². The Bertz CT molecular complexity index is 1420. The van der Waals surface area contributed by atoms with Gasteiger partial charge in [0.05, 0.1) is 28.6 Å². The number of nitrogens with one attached hydrogen (secondary N) is 2. The second kappa shape index (κ2) is 8.13. The maximum Gasteiger partial charge on any atom is 0.411 e. The molecule has 8 nitrogen and oxygen atoms in total. The number of aromatic nitrogens is 2. The highest BCUT2D eigenvalue weighted by molar-refractivity contribution is 6.31. The van der Waals surface area contributed by atoms with E-state index in [0.717, 1.165) is 35.3 Å². The molecule has 3 aromatic rings. The summed E-state index contributed by atoms with van der Waals surface area (Å²) in [6.45, 7) is 0.203. The van der Waals surface area contributed by atoms with Crippen LogP contribution in [-0.4, -0.2) is 32.9 Å². The molecule has 4 heterocycles. The minimum Gasteiger partial charge on any atom is -0.444 e. The molecule has 3 aliphatic rings. The Kier molecular flexibility index (Phi) is 5.03. The molecule has 178 valence electrons. The van der Waals surface area contributed by atoms with Gasteiger partial charge in [-0.3, -0.25) is 10.1 Å². The average molecular weight is 494 g/mol. The SMILES string of the molecule is Nc1ccc(Cl)c(F)c1C1=CC(=O)N2C(CC[C@H]2c2ncc(-c3ccc4c(c3)COC(=O)N4)[nH]2)C1. The van der Waals surface area contributed by atoms with Crippen LogP contribution >= 0.6 is 11.6 Å². The van der Waals surface area contributed by atoms with E-state index < -0.39 is 11.9 Å². The number of H-pyrrole nitrogens is 1. The van der Waals surface area contributed by atoms with Crippen LogP contribution in [0.25, 0.3) is 16.8 Å². The molecule has 2 amide bonds. The van der Waals surface area contributed by atoms with E-state index >= 15 is 0 Å². The van der Waals surface area contributed by atoms with Crippen LogP contribution in [-0.2, 0) is 16.1 Å². The number of nitrogens with zero attached hydrogens (tertiary/aromatic N) is 2. The molecule has 2 aromatic carbocycles. The molecule has 0 saturated carbocycles. The van der Waals surface area contributed by atoms with Gasteiger partial charge in [0.1, 0.15) is 12.4 Å². The van der Waals surface area contributed by atoms with Crippen molar-refractivity contribution in [1.29, 1.82) is 0 Å². The number of carbonyl (C=O) groups is 2. The molecule has 0 bridgehead atoms. The van der Waals surface area contributed by atoms with Gasteiger partial charge >= 0.3 is 6.09 Å². The third-order valence-electron chi connectivity index (χ3n) is 6.88. The fraction of sp³-hybridized carbons (Fsp3) is 0.240. The summed E-state index contributed by atoms with van der Waals surface area (Å²) in [5, 5.41) is 2.65. The zero-order chi connectivity index (χ0) is 24.3. The minimum atomic E-state index is -0.598. The van der Waals surface area contributed by atoms with Crippen molar-refractivity contribution >= 4 is 40.5 Å². The van der Waals surface area contributed by atoms with Crippen LogP contribution in [0.3, 0.4) is 0 Å². The van der Waals surface area contributed by atoms with E-state index in [-0.39, 0.29) is 40.9 Å². The van der Waals surface area contributed by atoms with E-state index in [1.807, 2.05) is 23.1 Å². The molecule has 1 fully saturated rings. The largest absolute Gasteiger partial charge is 0.444 e. The number of fused-ring (bicyclic) bond motifs is 2. The van der Waals surface area contributed by atoms with Gasteiger partial charge in [0.25, 0.3) is 0 Å². The van der Waals surface area contributed by atoms with Gasteiger partial charge in [-0.1, -0.05) is 17.7 Å². The number of anilines is 2. The normalized spacial score (nSPS) is 21.2. The molecular weight excluding hydrogens is 473 g/mol. The molecule has 1 unspecified atom stereocenters. The number of cyclic esters (lactones) is 1. The van der Waals surface area contributed by atoms with Gasteiger partial charge in [-0.05, 0) is 49.1 Å². The van der Waals surface area contributed by atoms with E-state index in [1.165, 1.54) is 12.1 Å². The number of amides is 2. The van der Waals surface area contributed by atoms with Crippen molar-refractivity contribution in [3.05, 3.63) is 70.4 Å². The number of halogens is 2. The first kappa shape index (κ1) is 21.7. The fourth-order valence-electron chi connectivity index (χ4n) is 5.23. The van der Waals surface area contributed by atoms with Crippen LogP contribution in [0.4, 0.5) is 20.6 Å². The van der Waals surface area contributed by atoms with Gasteiger partial charge < -0.3 is 20.4 Å². The molecule has 1 saturated heterocycles. The molecule has 6 rings (SSSR count). The van der Waals surface area contributed by atoms with Crippen molar-refractivity contribution in [1.82, 2.24) is 14.9 Å². The number of nitrogen functional groups attached to an aromatic ring is 1. The number of imidazole rings is 1. The number of hydrogen-bond acceptors (Lipinski definition) is 5. The van der Waals surface area contributed by atoms with Crippen molar-refractivity contribution in [3.63, 3.8) is 0 Å².